The maximum atomic E-state index is 13.2. The van der Waals surface area contributed by atoms with Crippen molar-refractivity contribution >= 4 is 19.8 Å². The molecule has 0 saturated heterocycles. The third-order valence-electron chi connectivity index (χ3n) is 5.71. The Morgan fingerprint density at radius 2 is 0.895 bits per heavy atom. The predicted octanol–water partition coefficient (Wildman–Crippen LogP) is -1.09. The smallest absolute Gasteiger partial charge is 0.790 e. The molecule has 2 aromatic rings. The molecule has 0 radical (unpaired) electrons. The number of ether oxygens (including phenoxy) is 2. The van der Waals surface area contributed by atoms with Gasteiger partial charge < -0.3 is 28.3 Å². The third kappa shape index (κ3) is 10.9. The van der Waals surface area contributed by atoms with Gasteiger partial charge in [0, 0.05) is 0 Å². The van der Waals surface area contributed by atoms with Crippen molar-refractivity contribution in [1.82, 2.24) is 0 Å². The summed E-state index contributed by atoms with van der Waals surface area (Å²) in [7, 11) is -5.76. The van der Waals surface area contributed by atoms with Crippen LogP contribution in [0.3, 0.4) is 0 Å². The summed E-state index contributed by atoms with van der Waals surface area (Å²) in [5.41, 5.74) is 2.73. The van der Waals surface area contributed by atoms with E-state index in [-0.39, 0.29) is 138 Å². The molecule has 198 valence electrons. The monoisotopic (exact) mass is 596 g/mol. The standard InChI is InChI=1S/C27H37O8P.2K/c1-15(2)19-11-9-12-20(16(3)4)23(19)33-26(28)25(35-36(30,31)32)27(29)34-24-21(17(5)6)13-10-14-22(24)18(7)8;;/h9-18,25H,1-8H3,(H2,30,31,32);;/q;2*+1/p-2. The molecular weight excluding hydrogens is 561 g/mol. The molecular formula is C27H35K2O8P. The molecule has 0 N–H and O–H groups in total. The van der Waals surface area contributed by atoms with Crippen LogP contribution in [0.4, 0.5) is 0 Å². The average molecular weight is 597 g/mol. The molecule has 0 aliphatic rings. The molecule has 38 heavy (non-hydrogen) atoms. The van der Waals surface area contributed by atoms with Gasteiger partial charge in [0.25, 0.3) is 6.10 Å². The van der Waals surface area contributed by atoms with Crippen LogP contribution in [0.5, 0.6) is 11.5 Å². The second kappa shape index (κ2) is 17.0. The quantitative estimate of drug-likeness (QED) is 0.112. The normalized spacial score (nSPS) is 11.6. The third-order valence-corrected chi connectivity index (χ3v) is 6.18. The summed E-state index contributed by atoms with van der Waals surface area (Å²) in [6.45, 7) is 15.2. The van der Waals surface area contributed by atoms with Gasteiger partial charge in [0.1, 0.15) is 11.5 Å². The number of phosphoric ester groups is 1. The van der Waals surface area contributed by atoms with E-state index < -0.39 is 25.9 Å². The number of carbonyl (C=O) groups is 2. The molecule has 0 saturated carbocycles. The molecule has 0 bridgehead atoms. The van der Waals surface area contributed by atoms with E-state index in [9.17, 15) is 23.9 Å². The fourth-order valence-corrected chi connectivity index (χ4v) is 4.25. The predicted molar refractivity (Wildman–Crippen MR) is 133 cm³/mol. The Bertz CT molecular complexity index is 1010. The zero-order valence-corrected chi connectivity index (χ0v) is 31.2. The van der Waals surface area contributed by atoms with Gasteiger partial charge in [0.05, 0.1) is 7.82 Å². The number of para-hydroxylation sites is 2. The van der Waals surface area contributed by atoms with Crippen molar-refractivity contribution in [3.05, 3.63) is 58.7 Å². The minimum atomic E-state index is -5.76. The minimum Gasteiger partial charge on any atom is -0.790 e. The molecule has 0 fully saturated rings. The van der Waals surface area contributed by atoms with Crippen molar-refractivity contribution in [3.8, 4) is 11.5 Å². The molecule has 0 heterocycles. The van der Waals surface area contributed by atoms with Gasteiger partial charge in [-0.2, -0.15) is 0 Å². The van der Waals surface area contributed by atoms with Gasteiger partial charge >= 0.3 is 115 Å². The molecule has 8 nitrogen and oxygen atoms in total. The maximum absolute atomic E-state index is 13.2. The second-order valence-electron chi connectivity index (χ2n) is 9.92. The fraction of sp³-hybridized carbons (Fsp3) is 0.481. The first kappa shape index (κ1) is 38.8. The van der Waals surface area contributed by atoms with Gasteiger partial charge in [0.2, 0.25) is 0 Å². The summed E-state index contributed by atoms with van der Waals surface area (Å²) in [4.78, 5) is 49.3. The molecule has 0 spiro atoms. The van der Waals surface area contributed by atoms with Gasteiger partial charge in [0.15, 0.2) is 0 Å². The molecule has 11 heteroatoms. The minimum absolute atomic E-state index is 0. The summed E-state index contributed by atoms with van der Waals surface area (Å²) in [6.07, 6.45) is -2.42. The van der Waals surface area contributed by atoms with E-state index in [1.165, 1.54) is 0 Å². The van der Waals surface area contributed by atoms with Crippen LogP contribution in [0.25, 0.3) is 0 Å². The number of hydrogen-bond donors (Lipinski definition) is 0. The number of esters is 2. The van der Waals surface area contributed by atoms with Crippen molar-refractivity contribution in [3.63, 3.8) is 0 Å². The first-order valence-electron chi connectivity index (χ1n) is 12.0. The zero-order chi connectivity index (χ0) is 27.4. The Kier molecular flexibility index (Phi) is 17.4. The van der Waals surface area contributed by atoms with Gasteiger partial charge in [-0.3, -0.25) is 0 Å². The Balaban J connectivity index is 0.00000684. The van der Waals surface area contributed by atoms with Gasteiger partial charge in [-0.25, -0.2) is 9.59 Å². The maximum Gasteiger partial charge on any atom is 1.00 e. The van der Waals surface area contributed by atoms with Crippen molar-refractivity contribution in [2.24, 2.45) is 0 Å². The molecule has 0 atom stereocenters. The number of phosphoric acid groups is 1. The molecule has 0 aliphatic carbocycles. The number of hydrogen-bond acceptors (Lipinski definition) is 8. The summed E-state index contributed by atoms with van der Waals surface area (Å²) in [5, 5.41) is 0. The van der Waals surface area contributed by atoms with E-state index in [1.54, 1.807) is 24.3 Å². The van der Waals surface area contributed by atoms with E-state index in [0.717, 1.165) is 0 Å². The largest absolute Gasteiger partial charge is 1.00 e. The molecule has 0 aliphatic heterocycles. The molecule has 2 aromatic carbocycles. The second-order valence-corrected chi connectivity index (χ2v) is 11.0. The van der Waals surface area contributed by atoms with E-state index in [2.05, 4.69) is 4.52 Å². The van der Waals surface area contributed by atoms with Crippen molar-refractivity contribution in [2.75, 3.05) is 0 Å². The number of rotatable bonds is 10. The molecule has 0 aromatic heterocycles. The van der Waals surface area contributed by atoms with Crippen LogP contribution < -0.4 is 122 Å². The van der Waals surface area contributed by atoms with Crippen LogP contribution in [0.1, 0.15) is 101 Å². The van der Waals surface area contributed by atoms with Crippen LogP contribution >= 0.6 is 7.82 Å². The zero-order valence-electron chi connectivity index (χ0n) is 24.1. The topological polar surface area (TPSA) is 125 Å². The van der Waals surface area contributed by atoms with Gasteiger partial charge in [-0.1, -0.05) is 91.8 Å². The fourth-order valence-electron chi connectivity index (χ4n) is 3.82. The number of benzene rings is 2. The van der Waals surface area contributed by atoms with Crippen LogP contribution in [-0.2, 0) is 18.7 Å². The SMILES string of the molecule is CC(C)c1cccc(C(C)C)c1OC(=O)C(OP(=O)([O-])[O-])C(=O)Oc1c(C(C)C)cccc1C(C)C.[K+].[K+]. The molecule has 0 amide bonds. The van der Waals surface area contributed by atoms with Crippen LogP contribution in [-0.4, -0.2) is 18.0 Å². The van der Waals surface area contributed by atoms with Crippen LogP contribution in [0.2, 0.25) is 0 Å². The molecule has 2 rings (SSSR count). The van der Waals surface area contributed by atoms with Crippen molar-refractivity contribution in [2.45, 2.75) is 85.2 Å². The first-order valence-corrected chi connectivity index (χ1v) is 13.5. The first-order chi connectivity index (χ1) is 16.6. The van der Waals surface area contributed by atoms with E-state index in [0.29, 0.717) is 22.3 Å². The van der Waals surface area contributed by atoms with Crippen LogP contribution in [0.15, 0.2) is 36.4 Å². The van der Waals surface area contributed by atoms with E-state index >= 15 is 0 Å². The van der Waals surface area contributed by atoms with E-state index in [4.69, 9.17) is 9.47 Å². The van der Waals surface area contributed by atoms with Crippen molar-refractivity contribution in [1.29, 1.82) is 0 Å². The Hall–Kier alpha value is 0.763. The summed E-state index contributed by atoms with van der Waals surface area (Å²) in [6, 6.07) is 10.7. The Morgan fingerprint density at radius 3 is 1.11 bits per heavy atom. The van der Waals surface area contributed by atoms with Crippen molar-refractivity contribution < 1.29 is 141 Å². The Morgan fingerprint density at radius 1 is 0.632 bits per heavy atom. The van der Waals surface area contributed by atoms with Crippen LogP contribution in [0, 0.1) is 0 Å². The Labute approximate surface area is 311 Å². The van der Waals surface area contributed by atoms with Gasteiger partial charge in [-0.15, -0.1) is 0 Å². The van der Waals surface area contributed by atoms with Gasteiger partial charge in [-0.05, 0) is 45.9 Å². The number of carbonyl (C=O) groups excluding carboxylic acids is 2. The molecule has 0 unspecified atom stereocenters. The average Bonchev–Trinajstić information content (AvgIpc) is 2.76. The summed E-state index contributed by atoms with van der Waals surface area (Å²) < 4.78 is 27.0. The summed E-state index contributed by atoms with van der Waals surface area (Å²) >= 11 is 0. The van der Waals surface area contributed by atoms with E-state index in [1.807, 2.05) is 67.5 Å². The summed E-state index contributed by atoms with van der Waals surface area (Å²) in [5.74, 6) is -2.49.